The molecule has 3 rings (SSSR count). The van der Waals surface area contributed by atoms with Crippen LogP contribution in [0.2, 0.25) is 0 Å². The minimum atomic E-state index is -0.283. The molecule has 0 aliphatic carbocycles. The number of anilines is 1. The van der Waals surface area contributed by atoms with Gasteiger partial charge in [0.1, 0.15) is 5.75 Å². The molecular formula is C20H27FIN5O. The minimum absolute atomic E-state index is 0. The molecular weight excluding hydrogens is 472 g/mol. The number of benzene rings is 1. The van der Waals surface area contributed by atoms with Crippen LogP contribution in [0.3, 0.4) is 0 Å². The van der Waals surface area contributed by atoms with Crippen LogP contribution in [0.25, 0.3) is 0 Å². The molecule has 0 amide bonds. The van der Waals surface area contributed by atoms with Crippen LogP contribution < -0.4 is 20.3 Å². The van der Waals surface area contributed by atoms with Crippen LogP contribution in [0, 0.1) is 5.82 Å². The van der Waals surface area contributed by atoms with Gasteiger partial charge in [0.25, 0.3) is 0 Å². The van der Waals surface area contributed by atoms with E-state index >= 15 is 0 Å². The number of ether oxygens (including phenoxy) is 1. The molecule has 2 aromatic rings. The molecule has 6 nitrogen and oxygen atoms in total. The quantitative estimate of drug-likeness (QED) is 0.363. The Kier molecular flexibility index (Phi) is 8.75. The number of rotatable bonds is 6. The summed E-state index contributed by atoms with van der Waals surface area (Å²) in [4.78, 5) is 10.8. The Morgan fingerprint density at radius 3 is 2.89 bits per heavy atom. The summed E-state index contributed by atoms with van der Waals surface area (Å²) >= 11 is 0. The molecule has 1 unspecified atom stereocenters. The van der Waals surface area contributed by atoms with Crippen LogP contribution in [0.4, 0.5) is 10.2 Å². The molecule has 28 heavy (non-hydrogen) atoms. The van der Waals surface area contributed by atoms with E-state index in [0.29, 0.717) is 18.9 Å². The summed E-state index contributed by atoms with van der Waals surface area (Å²) in [7, 11) is 1.66. The minimum Gasteiger partial charge on any atom is -0.496 e. The van der Waals surface area contributed by atoms with Crippen molar-refractivity contribution in [3.05, 3.63) is 54.0 Å². The summed E-state index contributed by atoms with van der Waals surface area (Å²) in [6.07, 6.45) is 2.52. The average Bonchev–Trinajstić information content (AvgIpc) is 3.15. The number of hydrogen-bond donors (Lipinski definition) is 2. The van der Waals surface area contributed by atoms with Crippen LogP contribution in [0.1, 0.15) is 18.9 Å². The number of para-hydroxylation sites is 1. The fraction of sp³-hybridized carbons (Fsp3) is 0.400. The molecule has 0 saturated carbocycles. The van der Waals surface area contributed by atoms with Crippen LogP contribution in [0.15, 0.2) is 47.6 Å². The van der Waals surface area contributed by atoms with Gasteiger partial charge in [0.2, 0.25) is 0 Å². The smallest absolute Gasteiger partial charge is 0.191 e. The maximum Gasteiger partial charge on any atom is 0.191 e. The average molecular weight is 499 g/mol. The van der Waals surface area contributed by atoms with Crippen molar-refractivity contribution in [1.82, 2.24) is 15.6 Å². The Balaban J connectivity index is 0.00000280. The van der Waals surface area contributed by atoms with E-state index in [4.69, 9.17) is 4.74 Å². The molecule has 152 valence electrons. The Morgan fingerprint density at radius 1 is 1.32 bits per heavy atom. The van der Waals surface area contributed by atoms with Crippen LogP contribution >= 0.6 is 24.0 Å². The summed E-state index contributed by atoms with van der Waals surface area (Å²) in [5.74, 6) is 1.71. The van der Waals surface area contributed by atoms with E-state index in [1.807, 2.05) is 36.1 Å². The normalized spacial score (nSPS) is 16.5. The number of aromatic nitrogens is 1. The van der Waals surface area contributed by atoms with Gasteiger partial charge < -0.3 is 20.3 Å². The topological polar surface area (TPSA) is 61.8 Å². The Morgan fingerprint density at radius 2 is 2.14 bits per heavy atom. The highest BCUT2D eigenvalue weighted by Gasteiger charge is 2.25. The van der Waals surface area contributed by atoms with Gasteiger partial charge in [0.05, 0.1) is 13.7 Å². The Hall–Kier alpha value is -2.10. The molecule has 1 aromatic carbocycles. The third kappa shape index (κ3) is 5.70. The molecule has 1 fully saturated rings. The lowest BCUT2D eigenvalue weighted by Gasteiger charge is -2.20. The third-order valence-electron chi connectivity index (χ3n) is 4.51. The lowest BCUT2D eigenvalue weighted by Crippen LogP contribution is -2.44. The molecule has 8 heteroatoms. The molecule has 1 atom stereocenters. The second kappa shape index (κ2) is 11.0. The number of guanidine groups is 1. The summed E-state index contributed by atoms with van der Waals surface area (Å²) in [6, 6.07) is 11.1. The zero-order valence-corrected chi connectivity index (χ0v) is 18.5. The molecule has 1 saturated heterocycles. The van der Waals surface area contributed by atoms with Gasteiger partial charge >= 0.3 is 0 Å². The first kappa shape index (κ1) is 22.2. The van der Waals surface area contributed by atoms with E-state index in [9.17, 15) is 4.39 Å². The van der Waals surface area contributed by atoms with E-state index in [1.54, 1.807) is 19.4 Å². The van der Waals surface area contributed by atoms with Crippen molar-refractivity contribution in [2.75, 3.05) is 31.6 Å². The predicted molar refractivity (Wildman–Crippen MR) is 121 cm³/mol. The fourth-order valence-electron chi connectivity index (χ4n) is 3.19. The number of halogens is 2. The van der Waals surface area contributed by atoms with Crippen LogP contribution in [-0.4, -0.2) is 43.7 Å². The van der Waals surface area contributed by atoms with Crippen molar-refractivity contribution >= 4 is 35.8 Å². The number of hydrogen-bond acceptors (Lipinski definition) is 4. The van der Waals surface area contributed by atoms with Crippen molar-refractivity contribution in [2.24, 2.45) is 4.99 Å². The van der Waals surface area contributed by atoms with E-state index < -0.39 is 0 Å². The highest BCUT2D eigenvalue weighted by molar-refractivity contribution is 14.0. The van der Waals surface area contributed by atoms with Gasteiger partial charge in [-0.3, -0.25) is 0 Å². The summed E-state index contributed by atoms with van der Waals surface area (Å²) in [5, 5.41) is 6.72. The van der Waals surface area contributed by atoms with Crippen molar-refractivity contribution < 1.29 is 9.13 Å². The van der Waals surface area contributed by atoms with Gasteiger partial charge in [-0.1, -0.05) is 18.2 Å². The first-order valence-corrected chi connectivity index (χ1v) is 9.23. The number of aliphatic imine (C=N–C) groups is 1. The first-order chi connectivity index (χ1) is 13.2. The number of nitrogens with zero attached hydrogens (tertiary/aromatic N) is 3. The molecule has 2 N–H and O–H groups in total. The zero-order chi connectivity index (χ0) is 19.1. The molecule has 0 spiro atoms. The second-order valence-electron chi connectivity index (χ2n) is 6.39. The van der Waals surface area contributed by atoms with E-state index in [0.717, 1.165) is 36.8 Å². The SMILES string of the molecule is CCNC(=NCc1ccccc1OC)NC1CCN(c2ncccc2F)C1.I. The van der Waals surface area contributed by atoms with Gasteiger partial charge in [0, 0.05) is 37.4 Å². The van der Waals surface area contributed by atoms with Crippen LogP contribution in [-0.2, 0) is 6.54 Å². The maximum absolute atomic E-state index is 14.0. The highest BCUT2D eigenvalue weighted by atomic mass is 127. The summed E-state index contributed by atoms with van der Waals surface area (Å²) in [6.45, 7) is 4.77. The number of methoxy groups -OCH3 is 1. The molecule has 0 radical (unpaired) electrons. The fourth-order valence-corrected chi connectivity index (χ4v) is 3.19. The molecule has 1 aliphatic rings. The molecule has 1 aliphatic heterocycles. The Bertz CT molecular complexity index is 789. The van der Waals surface area contributed by atoms with Gasteiger partial charge in [-0.15, -0.1) is 24.0 Å². The largest absolute Gasteiger partial charge is 0.496 e. The summed E-state index contributed by atoms with van der Waals surface area (Å²) < 4.78 is 19.3. The van der Waals surface area contributed by atoms with E-state index in [2.05, 4.69) is 20.6 Å². The van der Waals surface area contributed by atoms with Crippen molar-refractivity contribution in [2.45, 2.75) is 25.9 Å². The van der Waals surface area contributed by atoms with Gasteiger partial charge in [-0.25, -0.2) is 14.4 Å². The number of pyridine rings is 1. The van der Waals surface area contributed by atoms with Crippen molar-refractivity contribution in [3.63, 3.8) is 0 Å². The van der Waals surface area contributed by atoms with Crippen molar-refractivity contribution in [3.8, 4) is 5.75 Å². The third-order valence-corrected chi connectivity index (χ3v) is 4.51. The maximum atomic E-state index is 14.0. The highest BCUT2D eigenvalue weighted by Crippen LogP contribution is 2.21. The lowest BCUT2D eigenvalue weighted by molar-refractivity contribution is 0.410. The summed E-state index contributed by atoms with van der Waals surface area (Å²) in [5.41, 5.74) is 1.03. The van der Waals surface area contributed by atoms with E-state index in [1.165, 1.54) is 6.07 Å². The monoisotopic (exact) mass is 499 g/mol. The predicted octanol–water partition coefficient (Wildman–Crippen LogP) is 3.18. The van der Waals surface area contributed by atoms with Gasteiger partial charge in [-0.2, -0.15) is 0 Å². The van der Waals surface area contributed by atoms with Crippen molar-refractivity contribution in [1.29, 1.82) is 0 Å². The lowest BCUT2D eigenvalue weighted by atomic mass is 10.2. The van der Waals surface area contributed by atoms with Gasteiger partial charge in [0.15, 0.2) is 17.6 Å². The van der Waals surface area contributed by atoms with Crippen LogP contribution in [0.5, 0.6) is 5.75 Å². The van der Waals surface area contributed by atoms with E-state index in [-0.39, 0.29) is 35.8 Å². The zero-order valence-electron chi connectivity index (χ0n) is 16.2. The number of nitrogens with one attached hydrogen (secondary N) is 2. The standard InChI is InChI=1S/C20H26FN5O.HI/c1-3-22-20(24-13-15-7-4-5-9-18(15)27-2)25-16-10-12-26(14-16)19-17(21)8-6-11-23-19;/h4-9,11,16H,3,10,12-14H2,1-2H3,(H2,22,24,25);1H. The second-order valence-corrected chi connectivity index (χ2v) is 6.39. The molecule has 0 bridgehead atoms. The van der Waals surface area contributed by atoms with Gasteiger partial charge in [-0.05, 0) is 31.5 Å². The Labute approximate surface area is 182 Å². The molecule has 1 aromatic heterocycles. The molecule has 2 heterocycles. The first-order valence-electron chi connectivity index (χ1n) is 9.23.